The van der Waals surface area contributed by atoms with Gasteiger partial charge >= 0.3 is 6.16 Å². The zero-order valence-electron chi connectivity index (χ0n) is 15.9. The zero-order valence-corrected chi connectivity index (χ0v) is 16.9. The van der Waals surface area contributed by atoms with Gasteiger partial charge in [-0.05, 0) is 48.7 Å². The normalized spacial score (nSPS) is 12.7. The first-order valence-electron chi connectivity index (χ1n) is 8.20. The lowest BCUT2D eigenvalue weighted by molar-refractivity contribution is 0.0798. The third-order valence-electron chi connectivity index (χ3n) is 4.40. The minimum Gasteiger partial charge on any atom is -0.543 e. The Morgan fingerprint density at radius 1 is 1.21 bits per heavy atom. The van der Waals surface area contributed by atoms with Crippen molar-refractivity contribution in [3.63, 3.8) is 0 Å². The van der Waals surface area contributed by atoms with E-state index in [9.17, 15) is 4.79 Å². The molecule has 0 aliphatic rings. The summed E-state index contributed by atoms with van der Waals surface area (Å²) in [6, 6.07) is 8.13. The minimum absolute atomic E-state index is 0.153. The van der Waals surface area contributed by atoms with Gasteiger partial charge in [0.05, 0.1) is 7.11 Å². The lowest BCUT2D eigenvalue weighted by Gasteiger charge is -2.37. The van der Waals surface area contributed by atoms with E-state index in [-0.39, 0.29) is 11.6 Å². The van der Waals surface area contributed by atoms with Gasteiger partial charge in [0, 0.05) is 0 Å². The van der Waals surface area contributed by atoms with Crippen LogP contribution in [0.2, 0.25) is 18.1 Å². The number of carbonyl (C=O) groups is 1. The van der Waals surface area contributed by atoms with Crippen molar-refractivity contribution in [2.45, 2.75) is 52.2 Å². The van der Waals surface area contributed by atoms with Crippen molar-refractivity contribution in [2.24, 2.45) is 0 Å². The Hall–Kier alpha value is -1.75. The maximum Gasteiger partial charge on any atom is 0.508 e. The Morgan fingerprint density at radius 2 is 1.83 bits per heavy atom. The van der Waals surface area contributed by atoms with E-state index in [4.69, 9.17) is 9.16 Å². The molecule has 0 aliphatic heterocycles. The molecule has 24 heavy (non-hydrogen) atoms. The maximum atomic E-state index is 11.0. The summed E-state index contributed by atoms with van der Waals surface area (Å²) in [5.41, 5.74) is 2.11. The number of para-hydroxylation sites is 1. The highest BCUT2D eigenvalue weighted by molar-refractivity contribution is 6.74. The molecule has 5 heteroatoms. The van der Waals surface area contributed by atoms with E-state index in [1.165, 1.54) is 7.11 Å². The van der Waals surface area contributed by atoms with Crippen LogP contribution in [0.4, 0.5) is 4.79 Å². The van der Waals surface area contributed by atoms with Crippen molar-refractivity contribution in [1.29, 1.82) is 0 Å². The number of carbonyl (C=O) groups excluding carboxylic acids is 1. The molecule has 0 spiro atoms. The molecular weight excluding hydrogens is 320 g/mol. The molecule has 134 valence electrons. The first kappa shape index (κ1) is 20.3. The average Bonchev–Trinajstić information content (AvgIpc) is 2.50. The van der Waals surface area contributed by atoms with Gasteiger partial charge in [0.15, 0.2) is 0 Å². The van der Waals surface area contributed by atoms with E-state index in [1.54, 1.807) is 0 Å². The Bertz CT molecular complexity index is 585. The highest BCUT2D eigenvalue weighted by Gasteiger charge is 2.39. The second-order valence-electron chi connectivity index (χ2n) is 7.47. The van der Waals surface area contributed by atoms with Gasteiger partial charge in [-0.2, -0.15) is 0 Å². The molecule has 0 fully saturated rings. The molecule has 0 bridgehead atoms. The van der Waals surface area contributed by atoms with Crippen molar-refractivity contribution in [2.75, 3.05) is 13.7 Å². The van der Waals surface area contributed by atoms with E-state index < -0.39 is 14.5 Å². The number of hydrogen-bond donors (Lipinski definition) is 0. The van der Waals surface area contributed by atoms with Gasteiger partial charge in [-0.3, -0.25) is 0 Å². The number of benzene rings is 1. The molecule has 0 atom stereocenters. The first-order valence-corrected chi connectivity index (χ1v) is 11.1. The van der Waals surface area contributed by atoms with Gasteiger partial charge in [-0.25, -0.2) is 4.79 Å². The summed E-state index contributed by atoms with van der Waals surface area (Å²) < 4.78 is 15.9. The van der Waals surface area contributed by atoms with Gasteiger partial charge in [0.2, 0.25) is 8.32 Å². The molecule has 0 radical (unpaired) electrons. The minimum atomic E-state index is -1.87. The number of rotatable bonds is 6. The predicted molar refractivity (Wildman–Crippen MR) is 100 cm³/mol. The molecule has 0 unspecified atom stereocenters. The highest BCUT2D eigenvalue weighted by atomic mass is 28.4. The van der Waals surface area contributed by atoms with Gasteiger partial charge in [-0.1, -0.05) is 45.0 Å². The Balaban J connectivity index is 2.82. The maximum absolute atomic E-state index is 11.0. The SMILES string of the molecule is COC(=O)OC/C(C)=C/Cc1ccccc1O[Si](C)(C)C(C)(C)C. The van der Waals surface area contributed by atoms with E-state index in [0.29, 0.717) is 0 Å². The fourth-order valence-electron chi connectivity index (χ4n) is 1.77. The Labute approximate surface area is 146 Å². The summed E-state index contributed by atoms with van der Waals surface area (Å²) in [5.74, 6) is 0.946. The van der Waals surface area contributed by atoms with Crippen LogP contribution in [-0.2, 0) is 15.9 Å². The second-order valence-corrected chi connectivity index (χ2v) is 12.2. The summed E-state index contributed by atoms with van der Waals surface area (Å²) in [6.07, 6.45) is 2.13. The van der Waals surface area contributed by atoms with Crippen LogP contribution in [0, 0.1) is 0 Å². The molecule has 1 aromatic rings. The number of ether oxygens (including phenoxy) is 2. The third-order valence-corrected chi connectivity index (χ3v) is 8.74. The van der Waals surface area contributed by atoms with E-state index in [2.05, 4.69) is 50.7 Å². The molecule has 0 aromatic heterocycles. The molecule has 1 rings (SSSR count). The van der Waals surface area contributed by atoms with Crippen LogP contribution in [0.5, 0.6) is 5.75 Å². The fourth-order valence-corrected chi connectivity index (χ4v) is 2.83. The van der Waals surface area contributed by atoms with Gasteiger partial charge in [0.1, 0.15) is 12.4 Å². The molecule has 0 saturated carbocycles. The molecule has 0 amide bonds. The summed E-state index contributed by atoms with van der Waals surface area (Å²) >= 11 is 0. The van der Waals surface area contributed by atoms with Crippen LogP contribution in [-0.4, -0.2) is 28.2 Å². The molecular formula is C19H30O4Si. The number of allylic oxidation sites excluding steroid dienone is 1. The molecule has 1 aromatic carbocycles. The smallest absolute Gasteiger partial charge is 0.508 e. The molecule has 4 nitrogen and oxygen atoms in total. The van der Waals surface area contributed by atoms with Crippen LogP contribution in [0.25, 0.3) is 0 Å². The first-order chi connectivity index (χ1) is 11.1. The monoisotopic (exact) mass is 350 g/mol. The molecule has 0 N–H and O–H groups in total. The van der Waals surface area contributed by atoms with E-state index >= 15 is 0 Å². The van der Waals surface area contributed by atoms with E-state index in [1.807, 2.05) is 25.1 Å². The standard InChI is InChI=1S/C19H30O4Si/c1-15(14-22-18(20)21-5)12-13-16-10-8-9-11-17(16)23-24(6,7)19(2,3)4/h8-12H,13-14H2,1-7H3/b15-12+. The lowest BCUT2D eigenvalue weighted by Crippen LogP contribution is -2.44. The highest BCUT2D eigenvalue weighted by Crippen LogP contribution is 2.38. The molecule has 0 saturated heterocycles. The van der Waals surface area contributed by atoms with Crippen molar-refractivity contribution >= 4 is 14.5 Å². The zero-order chi connectivity index (χ0) is 18.4. The largest absolute Gasteiger partial charge is 0.543 e. The summed E-state index contributed by atoms with van der Waals surface area (Å²) in [5, 5.41) is 0.153. The quantitative estimate of drug-likeness (QED) is 0.394. The number of methoxy groups -OCH3 is 1. The predicted octanol–water partition coefficient (Wildman–Crippen LogP) is 5.34. The van der Waals surface area contributed by atoms with Crippen LogP contribution >= 0.6 is 0 Å². The van der Waals surface area contributed by atoms with Crippen LogP contribution in [0.3, 0.4) is 0 Å². The summed E-state index contributed by atoms with van der Waals surface area (Å²) in [6.45, 7) is 13.4. The average molecular weight is 351 g/mol. The van der Waals surface area contributed by atoms with Crippen molar-refractivity contribution in [3.8, 4) is 5.75 Å². The number of hydrogen-bond acceptors (Lipinski definition) is 4. The van der Waals surface area contributed by atoms with Gasteiger partial charge < -0.3 is 13.9 Å². The Morgan fingerprint density at radius 3 is 2.42 bits per heavy atom. The van der Waals surface area contributed by atoms with Gasteiger partial charge in [0.25, 0.3) is 0 Å². The van der Waals surface area contributed by atoms with E-state index in [0.717, 1.165) is 23.3 Å². The van der Waals surface area contributed by atoms with Crippen LogP contribution in [0.15, 0.2) is 35.9 Å². The molecule has 0 heterocycles. The lowest BCUT2D eigenvalue weighted by atomic mass is 10.1. The van der Waals surface area contributed by atoms with Crippen LogP contribution < -0.4 is 4.43 Å². The van der Waals surface area contributed by atoms with Crippen molar-refractivity contribution < 1.29 is 18.7 Å². The van der Waals surface area contributed by atoms with Crippen molar-refractivity contribution in [1.82, 2.24) is 0 Å². The summed E-state index contributed by atoms with van der Waals surface area (Å²) in [4.78, 5) is 11.0. The topological polar surface area (TPSA) is 44.8 Å². The fraction of sp³-hybridized carbons (Fsp3) is 0.526. The van der Waals surface area contributed by atoms with Gasteiger partial charge in [-0.15, -0.1) is 0 Å². The molecule has 0 aliphatic carbocycles. The van der Waals surface area contributed by atoms with Crippen molar-refractivity contribution in [3.05, 3.63) is 41.5 Å². The third kappa shape index (κ3) is 6.04. The Kier molecular flexibility index (Phi) is 7.08. The second kappa shape index (κ2) is 8.38. The van der Waals surface area contributed by atoms with Crippen LogP contribution in [0.1, 0.15) is 33.3 Å². The summed E-state index contributed by atoms with van der Waals surface area (Å²) in [7, 11) is -0.574.